The summed E-state index contributed by atoms with van der Waals surface area (Å²) in [5.41, 5.74) is 1.80. The van der Waals surface area contributed by atoms with E-state index in [1.165, 1.54) is 5.39 Å². The predicted octanol–water partition coefficient (Wildman–Crippen LogP) is 3.30. The number of nitrogens with zero attached hydrogens (tertiary/aromatic N) is 1. The molecular weight excluding hydrogens is 226 g/mol. The summed E-state index contributed by atoms with van der Waals surface area (Å²) in [5, 5.41) is 11.2. The van der Waals surface area contributed by atoms with Crippen molar-refractivity contribution in [2.24, 2.45) is 0 Å². The normalized spacial score (nSPS) is 11.7. The third-order valence-corrected chi connectivity index (χ3v) is 3.33. The van der Waals surface area contributed by atoms with Crippen molar-refractivity contribution in [1.29, 1.82) is 0 Å². The maximum atomic E-state index is 10.9. The minimum atomic E-state index is -0.775. The Kier molecular flexibility index (Phi) is 3.07. The fraction of sp³-hybridized carbons (Fsp3) is 0.333. The first-order chi connectivity index (χ1) is 8.40. The molecule has 1 aromatic carbocycles. The van der Waals surface area contributed by atoms with Gasteiger partial charge in [0.2, 0.25) is 0 Å². The lowest BCUT2D eigenvalue weighted by atomic mass is 9.81. The number of fused-ring (bicyclic) bond motifs is 1. The molecule has 2 aromatic rings. The molecule has 0 spiro atoms. The van der Waals surface area contributed by atoms with E-state index in [4.69, 9.17) is 5.11 Å². The van der Waals surface area contributed by atoms with E-state index in [9.17, 15) is 4.79 Å². The molecular formula is C15H17NO2. The minimum absolute atomic E-state index is 0.123. The Hall–Kier alpha value is -1.90. The molecule has 1 aromatic heterocycles. The quantitative estimate of drug-likeness (QED) is 0.899. The van der Waals surface area contributed by atoms with Crippen LogP contribution in [0.15, 0.2) is 30.6 Å². The third kappa shape index (κ3) is 2.35. The van der Waals surface area contributed by atoms with Gasteiger partial charge >= 0.3 is 5.97 Å². The highest BCUT2D eigenvalue weighted by molar-refractivity contribution is 5.85. The number of aromatic nitrogens is 1. The molecule has 94 valence electrons. The highest BCUT2D eigenvalue weighted by atomic mass is 16.4. The topological polar surface area (TPSA) is 50.2 Å². The van der Waals surface area contributed by atoms with E-state index in [-0.39, 0.29) is 11.8 Å². The minimum Gasteiger partial charge on any atom is -0.481 e. The molecule has 0 unspecified atom stereocenters. The highest BCUT2D eigenvalue weighted by Crippen LogP contribution is 2.30. The number of hydrogen-bond acceptors (Lipinski definition) is 2. The Morgan fingerprint density at radius 1 is 1.33 bits per heavy atom. The summed E-state index contributed by atoms with van der Waals surface area (Å²) >= 11 is 0. The van der Waals surface area contributed by atoms with Crippen LogP contribution in [0.25, 0.3) is 10.8 Å². The van der Waals surface area contributed by atoms with Crippen LogP contribution in [0.1, 0.15) is 31.4 Å². The van der Waals surface area contributed by atoms with Crippen molar-refractivity contribution in [2.45, 2.75) is 32.6 Å². The largest absolute Gasteiger partial charge is 0.481 e. The molecule has 3 nitrogen and oxygen atoms in total. The van der Waals surface area contributed by atoms with Crippen molar-refractivity contribution < 1.29 is 9.90 Å². The summed E-state index contributed by atoms with van der Waals surface area (Å²) in [7, 11) is 0. The Balaban J connectivity index is 2.50. The van der Waals surface area contributed by atoms with E-state index >= 15 is 0 Å². The van der Waals surface area contributed by atoms with Gasteiger partial charge < -0.3 is 5.11 Å². The van der Waals surface area contributed by atoms with Crippen LogP contribution in [-0.4, -0.2) is 16.1 Å². The number of aryl methyl sites for hydroxylation is 1. The first kappa shape index (κ1) is 12.6. The maximum Gasteiger partial charge on any atom is 0.304 e. The number of carbonyl (C=O) groups is 1. The number of carboxylic acid groups (broad SMARTS) is 1. The van der Waals surface area contributed by atoms with Gasteiger partial charge in [-0.3, -0.25) is 9.78 Å². The molecule has 1 heterocycles. The monoisotopic (exact) mass is 243 g/mol. The van der Waals surface area contributed by atoms with Crippen molar-refractivity contribution in [3.05, 3.63) is 41.7 Å². The number of rotatable bonds is 3. The van der Waals surface area contributed by atoms with Crippen LogP contribution in [0.3, 0.4) is 0 Å². The van der Waals surface area contributed by atoms with Crippen LogP contribution in [0.4, 0.5) is 0 Å². The number of aliphatic carboxylic acids is 1. The Bertz CT molecular complexity index is 602. The Labute approximate surface area is 106 Å². The van der Waals surface area contributed by atoms with Gasteiger partial charge in [0.05, 0.1) is 6.42 Å². The molecule has 0 saturated carbocycles. The van der Waals surface area contributed by atoms with Gasteiger partial charge in [-0.15, -0.1) is 0 Å². The molecule has 0 amide bonds. The molecule has 0 aliphatic rings. The fourth-order valence-electron chi connectivity index (χ4n) is 2.23. The lowest BCUT2D eigenvalue weighted by Gasteiger charge is -2.23. The average Bonchev–Trinajstić information content (AvgIpc) is 2.27. The molecule has 18 heavy (non-hydrogen) atoms. The second kappa shape index (κ2) is 4.41. The average molecular weight is 243 g/mol. The zero-order valence-corrected chi connectivity index (χ0v) is 10.9. The van der Waals surface area contributed by atoms with Crippen molar-refractivity contribution in [2.75, 3.05) is 0 Å². The van der Waals surface area contributed by atoms with Crippen LogP contribution in [0.2, 0.25) is 0 Å². The van der Waals surface area contributed by atoms with Gasteiger partial charge in [0.25, 0.3) is 0 Å². The summed E-state index contributed by atoms with van der Waals surface area (Å²) < 4.78 is 0. The lowest BCUT2D eigenvalue weighted by molar-refractivity contribution is -0.138. The van der Waals surface area contributed by atoms with Crippen molar-refractivity contribution >= 4 is 16.7 Å². The van der Waals surface area contributed by atoms with Gasteiger partial charge in [-0.1, -0.05) is 26.0 Å². The fourth-order valence-corrected chi connectivity index (χ4v) is 2.23. The highest BCUT2D eigenvalue weighted by Gasteiger charge is 2.24. The molecule has 0 aliphatic heterocycles. The Morgan fingerprint density at radius 2 is 2.06 bits per heavy atom. The smallest absolute Gasteiger partial charge is 0.304 e. The van der Waals surface area contributed by atoms with E-state index < -0.39 is 5.97 Å². The molecule has 0 radical (unpaired) electrons. The molecule has 0 aliphatic carbocycles. The van der Waals surface area contributed by atoms with Gasteiger partial charge in [0, 0.05) is 23.2 Å². The summed E-state index contributed by atoms with van der Waals surface area (Å²) in [5.74, 6) is -0.775. The first-order valence-electron chi connectivity index (χ1n) is 5.97. The molecule has 0 fully saturated rings. The van der Waals surface area contributed by atoms with E-state index in [0.29, 0.717) is 0 Å². The SMILES string of the molecule is Cc1cncc2cc(C(C)(C)CC(=O)O)ccc12. The van der Waals surface area contributed by atoms with E-state index in [0.717, 1.165) is 16.5 Å². The predicted molar refractivity (Wildman–Crippen MR) is 71.8 cm³/mol. The number of pyridine rings is 1. The van der Waals surface area contributed by atoms with Crippen LogP contribution < -0.4 is 0 Å². The first-order valence-corrected chi connectivity index (χ1v) is 5.97. The summed E-state index contributed by atoms with van der Waals surface area (Å²) in [6.45, 7) is 5.93. The molecule has 0 bridgehead atoms. The number of carboxylic acids is 1. The van der Waals surface area contributed by atoms with Crippen LogP contribution >= 0.6 is 0 Å². The van der Waals surface area contributed by atoms with Crippen LogP contribution in [0, 0.1) is 6.92 Å². The standard InChI is InChI=1S/C15H17NO2/c1-10-8-16-9-11-6-12(4-5-13(10)11)15(2,3)7-14(17)18/h4-6,8-9H,7H2,1-3H3,(H,17,18). The summed E-state index contributed by atoms with van der Waals surface area (Å²) in [4.78, 5) is 15.1. The number of hydrogen-bond donors (Lipinski definition) is 1. The van der Waals surface area contributed by atoms with Crippen LogP contribution in [0.5, 0.6) is 0 Å². The molecule has 0 atom stereocenters. The second-order valence-electron chi connectivity index (χ2n) is 5.35. The van der Waals surface area contributed by atoms with E-state index in [2.05, 4.69) is 4.98 Å². The van der Waals surface area contributed by atoms with Gasteiger partial charge in [-0.2, -0.15) is 0 Å². The van der Waals surface area contributed by atoms with Gasteiger partial charge in [0.1, 0.15) is 0 Å². The van der Waals surface area contributed by atoms with Crippen molar-refractivity contribution in [1.82, 2.24) is 4.98 Å². The zero-order chi connectivity index (χ0) is 13.3. The Morgan fingerprint density at radius 3 is 2.72 bits per heavy atom. The van der Waals surface area contributed by atoms with Crippen molar-refractivity contribution in [3.63, 3.8) is 0 Å². The van der Waals surface area contributed by atoms with Crippen molar-refractivity contribution in [3.8, 4) is 0 Å². The summed E-state index contributed by atoms with van der Waals surface area (Å²) in [6, 6.07) is 6.10. The van der Waals surface area contributed by atoms with Crippen LogP contribution in [-0.2, 0) is 10.2 Å². The molecule has 2 rings (SSSR count). The molecule has 0 saturated heterocycles. The summed E-state index contributed by atoms with van der Waals surface area (Å²) in [6.07, 6.45) is 3.78. The maximum absolute atomic E-state index is 10.9. The van der Waals surface area contributed by atoms with E-state index in [1.807, 2.05) is 51.4 Å². The number of benzene rings is 1. The zero-order valence-electron chi connectivity index (χ0n) is 10.9. The second-order valence-corrected chi connectivity index (χ2v) is 5.35. The molecule has 3 heteroatoms. The van der Waals surface area contributed by atoms with E-state index in [1.54, 1.807) is 0 Å². The molecule has 1 N–H and O–H groups in total. The van der Waals surface area contributed by atoms with Gasteiger partial charge in [0.15, 0.2) is 0 Å². The third-order valence-electron chi connectivity index (χ3n) is 3.33. The van der Waals surface area contributed by atoms with Gasteiger partial charge in [-0.25, -0.2) is 0 Å². The van der Waals surface area contributed by atoms with Gasteiger partial charge in [-0.05, 0) is 29.5 Å². The lowest BCUT2D eigenvalue weighted by Crippen LogP contribution is -2.21.